The van der Waals surface area contributed by atoms with Gasteiger partial charge in [-0.15, -0.1) is 0 Å². The van der Waals surface area contributed by atoms with Crippen molar-refractivity contribution in [3.05, 3.63) is 28.3 Å². The summed E-state index contributed by atoms with van der Waals surface area (Å²) in [7, 11) is 0. The van der Waals surface area contributed by atoms with Crippen LogP contribution in [0.15, 0.2) is 12.4 Å². The zero-order valence-corrected chi connectivity index (χ0v) is 7.45. The van der Waals surface area contributed by atoms with Gasteiger partial charge >= 0.3 is 11.9 Å². The number of H-pyrrole nitrogens is 1. The van der Waals surface area contributed by atoms with Gasteiger partial charge in [-0.2, -0.15) is 13.2 Å². The lowest BCUT2D eigenvalue weighted by molar-refractivity contribution is -0.383. The molecule has 0 unspecified atom stereocenters. The molecular formula is C7H3F3N4O2. The third-order valence-corrected chi connectivity index (χ3v) is 1.84. The van der Waals surface area contributed by atoms with Crippen molar-refractivity contribution in [2.75, 3.05) is 0 Å². The van der Waals surface area contributed by atoms with E-state index < -0.39 is 22.6 Å². The third-order valence-electron chi connectivity index (χ3n) is 1.84. The van der Waals surface area contributed by atoms with Crippen molar-refractivity contribution >= 4 is 16.7 Å². The summed E-state index contributed by atoms with van der Waals surface area (Å²) < 4.78 is 36.8. The molecule has 0 aliphatic rings. The predicted octanol–water partition coefficient (Wildman–Crippen LogP) is 1.88. The van der Waals surface area contributed by atoms with Crippen molar-refractivity contribution in [3.8, 4) is 0 Å². The lowest BCUT2D eigenvalue weighted by Gasteiger charge is -1.98. The van der Waals surface area contributed by atoms with E-state index in [9.17, 15) is 23.3 Å². The summed E-state index contributed by atoms with van der Waals surface area (Å²) in [6.07, 6.45) is -2.78. The van der Waals surface area contributed by atoms with Gasteiger partial charge < -0.3 is 4.98 Å². The molecule has 0 aliphatic carbocycles. The van der Waals surface area contributed by atoms with Gasteiger partial charge in [0.05, 0.1) is 16.6 Å². The smallest absolute Gasteiger partial charge is 0.333 e. The Hall–Kier alpha value is -2.19. The first-order chi connectivity index (χ1) is 7.39. The largest absolute Gasteiger partial charge is 0.449 e. The molecule has 0 saturated heterocycles. The van der Waals surface area contributed by atoms with Crippen molar-refractivity contribution in [1.82, 2.24) is 15.0 Å². The molecule has 2 aromatic rings. The number of halogens is 3. The van der Waals surface area contributed by atoms with Crippen LogP contribution in [0, 0.1) is 10.1 Å². The Morgan fingerprint density at radius 3 is 2.62 bits per heavy atom. The Morgan fingerprint density at radius 1 is 1.38 bits per heavy atom. The summed E-state index contributed by atoms with van der Waals surface area (Å²) in [6, 6.07) is 0. The molecule has 2 aromatic heterocycles. The number of hydrogen-bond donors (Lipinski definition) is 1. The SMILES string of the molecule is O=[N+]([O-])c1cncc2[nH]c(C(F)(F)F)nc12. The van der Waals surface area contributed by atoms with E-state index in [1.165, 1.54) is 0 Å². The van der Waals surface area contributed by atoms with E-state index in [-0.39, 0.29) is 11.0 Å². The van der Waals surface area contributed by atoms with Crippen LogP contribution in [0.25, 0.3) is 11.0 Å². The number of aromatic amines is 1. The summed E-state index contributed by atoms with van der Waals surface area (Å²) in [5.74, 6) is -1.28. The molecule has 0 atom stereocenters. The summed E-state index contributed by atoms with van der Waals surface area (Å²) in [4.78, 5) is 18.2. The molecule has 84 valence electrons. The molecular weight excluding hydrogens is 229 g/mol. The Kier molecular flexibility index (Phi) is 2.04. The highest BCUT2D eigenvalue weighted by Crippen LogP contribution is 2.30. The van der Waals surface area contributed by atoms with Gasteiger partial charge in [0.15, 0.2) is 5.52 Å². The van der Waals surface area contributed by atoms with E-state index in [1.807, 2.05) is 4.98 Å². The van der Waals surface area contributed by atoms with Gasteiger partial charge in [-0.1, -0.05) is 0 Å². The molecule has 2 rings (SSSR count). The second-order valence-corrected chi connectivity index (χ2v) is 2.90. The average molecular weight is 232 g/mol. The van der Waals surface area contributed by atoms with Crippen LogP contribution in [0.4, 0.5) is 18.9 Å². The minimum Gasteiger partial charge on any atom is -0.333 e. The second-order valence-electron chi connectivity index (χ2n) is 2.90. The van der Waals surface area contributed by atoms with Gasteiger partial charge in [0.1, 0.15) is 6.20 Å². The number of pyridine rings is 1. The van der Waals surface area contributed by atoms with E-state index in [1.54, 1.807) is 0 Å². The molecule has 1 N–H and O–H groups in total. The van der Waals surface area contributed by atoms with Crippen LogP contribution in [0.3, 0.4) is 0 Å². The minimum absolute atomic E-state index is 0.124. The third kappa shape index (κ3) is 1.55. The quantitative estimate of drug-likeness (QED) is 0.600. The van der Waals surface area contributed by atoms with Crippen LogP contribution in [0.1, 0.15) is 5.82 Å². The molecule has 0 fully saturated rings. The highest BCUT2D eigenvalue weighted by Gasteiger charge is 2.35. The highest BCUT2D eigenvalue weighted by molar-refractivity contribution is 5.83. The topological polar surface area (TPSA) is 84.7 Å². The lowest BCUT2D eigenvalue weighted by Crippen LogP contribution is -2.06. The van der Waals surface area contributed by atoms with Crippen molar-refractivity contribution in [2.24, 2.45) is 0 Å². The maximum Gasteiger partial charge on any atom is 0.449 e. The van der Waals surface area contributed by atoms with E-state index in [2.05, 4.69) is 9.97 Å². The fraction of sp³-hybridized carbons (Fsp3) is 0.143. The Labute approximate surface area is 85.3 Å². The standard InChI is InChI=1S/C7H3F3N4O2/c8-7(9,10)6-12-3-1-11-2-4(14(15)16)5(3)13-6/h1-2H,(H,12,13). The number of alkyl halides is 3. The number of nitrogens with one attached hydrogen (secondary N) is 1. The maximum atomic E-state index is 12.3. The lowest BCUT2D eigenvalue weighted by atomic mass is 10.4. The summed E-state index contributed by atoms with van der Waals surface area (Å²) in [5.41, 5.74) is -1.04. The molecule has 0 radical (unpaired) electrons. The Morgan fingerprint density at radius 2 is 2.06 bits per heavy atom. The van der Waals surface area contributed by atoms with Gasteiger partial charge in [0, 0.05) is 0 Å². The predicted molar refractivity (Wildman–Crippen MR) is 45.5 cm³/mol. The molecule has 0 spiro atoms. The number of imidazole rings is 1. The fourth-order valence-corrected chi connectivity index (χ4v) is 1.19. The number of nitrogens with zero attached hydrogens (tertiary/aromatic N) is 3. The molecule has 2 heterocycles. The normalized spacial score (nSPS) is 11.9. The van der Waals surface area contributed by atoms with E-state index in [4.69, 9.17) is 0 Å². The van der Waals surface area contributed by atoms with Gasteiger partial charge in [-0.25, -0.2) is 4.98 Å². The maximum absolute atomic E-state index is 12.3. The molecule has 0 saturated carbocycles. The Balaban J connectivity index is 2.71. The van der Waals surface area contributed by atoms with Crippen LogP contribution in [-0.4, -0.2) is 19.9 Å². The molecule has 0 aromatic carbocycles. The fourth-order valence-electron chi connectivity index (χ4n) is 1.19. The number of fused-ring (bicyclic) bond motifs is 1. The van der Waals surface area contributed by atoms with Crippen LogP contribution < -0.4 is 0 Å². The summed E-state index contributed by atoms with van der Waals surface area (Å²) in [6.45, 7) is 0. The van der Waals surface area contributed by atoms with Crippen LogP contribution in [0.2, 0.25) is 0 Å². The monoisotopic (exact) mass is 232 g/mol. The zero-order chi connectivity index (χ0) is 11.9. The van der Waals surface area contributed by atoms with Gasteiger partial charge in [-0.3, -0.25) is 15.1 Å². The number of nitro groups is 1. The first-order valence-electron chi connectivity index (χ1n) is 3.95. The molecule has 16 heavy (non-hydrogen) atoms. The van der Waals surface area contributed by atoms with Gasteiger partial charge in [0.25, 0.3) is 0 Å². The summed E-state index contributed by atoms with van der Waals surface area (Å²) in [5, 5.41) is 10.5. The first-order valence-corrected chi connectivity index (χ1v) is 3.95. The highest BCUT2D eigenvalue weighted by atomic mass is 19.4. The van der Waals surface area contributed by atoms with Crippen LogP contribution in [-0.2, 0) is 6.18 Å². The van der Waals surface area contributed by atoms with E-state index >= 15 is 0 Å². The van der Waals surface area contributed by atoms with Crippen molar-refractivity contribution in [2.45, 2.75) is 6.18 Å². The average Bonchev–Trinajstić information content (AvgIpc) is 2.59. The molecule has 0 bridgehead atoms. The Bertz CT molecular complexity index is 562. The molecule has 0 amide bonds. The van der Waals surface area contributed by atoms with E-state index in [0.29, 0.717) is 0 Å². The van der Waals surface area contributed by atoms with Crippen LogP contribution in [0.5, 0.6) is 0 Å². The number of hydrogen-bond acceptors (Lipinski definition) is 4. The summed E-state index contributed by atoms with van der Waals surface area (Å²) >= 11 is 0. The zero-order valence-electron chi connectivity index (χ0n) is 7.45. The van der Waals surface area contributed by atoms with Crippen molar-refractivity contribution in [3.63, 3.8) is 0 Å². The molecule has 9 heteroatoms. The van der Waals surface area contributed by atoms with Crippen molar-refractivity contribution in [1.29, 1.82) is 0 Å². The number of aromatic nitrogens is 3. The minimum atomic E-state index is -4.67. The second kappa shape index (κ2) is 3.15. The molecule has 6 nitrogen and oxygen atoms in total. The van der Waals surface area contributed by atoms with Gasteiger partial charge in [-0.05, 0) is 0 Å². The van der Waals surface area contributed by atoms with Crippen molar-refractivity contribution < 1.29 is 18.1 Å². The number of rotatable bonds is 1. The molecule has 0 aliphatic heterocycles. The van der Waals surface area contributed by atoms with E-state index in [0.717, 1.165) is 12.4 Å². The van der Waals surface area contributed by atoms with Crippen LogP contribution >= 0.6 is 0 Å². The first kappa shape index (κ1) is 10.3. The van der Waals surface area contributed by atoms with Gasteiger partial charge in [0.2, 0.25) is 5.82 Å².